The molecule has 0 aliphatic rings. The number of hydrogen-bond acceptors (Lipinski definition) is 7. The summed E-state index contributed by atoms with van der Waals surface area (Å²) in [6, 6.07) is 11.7. The first-order chi connectivity index (χ1) is 13.8. The maximum atomic E-state index is 12.9. The number of sulfone groups is 1. The second-order valence-electron chi connectivity index (χ2n) is 6.06. The van der Waals surface area contributed by atoms with Crippen LogP contribution in [0.1, 0.15) is 5.56 Å². The number of aromatic nitrogens is 2. The van der Waals surface area contributed by atoms with E-state index in [9.17, 15) is 17.6 Å². The molecule has 10 heteroatoms. The fourth-order valence-corrected chi connectivity index (χ4v) is 4.23. The Labute approximate surface area is 171 Å². The van der Waals surface area contributed by atoms with E-state index in [0.717, 1.165) is 23.5 Å². The predicted octanol–water partition coefficient (Wildman–Crippen LogP) is 3.07. The van der Waals surface area contributed by atoms with E-state index in [1.54, 1.807) is 12.1 Å². The number of hydrogen-bond donors (Lipinski definition) is 2. The number of rotatable bonds is 6. The molecule has 0 unspecified atom stereocenters. The second-order valence-corrected chi connectivity index (χ2v) is 8.92. The van der Waals surface area contributed by atoms with Crippen molar-refractivity contribution in [2.45, 2.75) is 21.9 Å². The topological polar surface area (TPSA) is 115 Å². The summed E-state index contributed by atoms with van der Waals surface area (Å²) in [7, 11) is -3.85. The first kappa shape index (κ1) is 20.7. The highest BCUT2D eigenvalue weighted by Gasteiger charge is 2.22. The standard InChI is InChI=1S/C19H17FN4O3S2/c1-12-2-8-15(9-3-12)29(26,27)16-10-22-19(24-18(16)21)28-11-17(25)23-14-6-4-13(20)5-7-14/h2-10H,11H2,1H3,(H,23,25)(H2,21,22,24). The number of amides is 1. The summed E-state index contributed by atoms with van der Waals surface area (Å²) >= 11 is 0.999. The third-order valence-electron chi connectivity index (χ3n) is 3.84. The summed E-state index contributed by atoms with van der Waals surface area (Å²) < 4.78 is 38.3. The van der Waals surface area contributed by atoms with Gasteiger partial charge in [0.15, 0.2) is 5.16 Å². The van der Waals surface area contributed by atoms with E-state index < -0.39 is 15.7 Å². The van der Waals surface area contributed by atoms with Crippen LogP contribution in [0.25, 0.3) is 0 Å². The van der Waals surface area contributed by atoms with Crippen LogP contribution in [0.3, 0.4) is 0 Å². The van der Waals surface area contributed by atoms with Crippen LogP contribution in [-0.4, -0.2) is 30.0 Å². The molecule has 0 aliphatic heterocycles. The van der Waals surface area contributed by atoms with Crippen LogP contribution in [0.5, 0.6) is 0 Å². The van der Waals surface area contributed by atoms with Crippen LogP contribution in [0, 0.1) is 12.7 Å². The van der Waals surface area contributed by atoms with Gasteiger partial charge in [0.1, 0.15) is 16.5 Å². The largest absolute Gasteiger partial charge is 0.382 e. The molecule has 2 aromatic carbocycles. The molecule has 3 rings (SSSR count). The average molecular weight is 433 g/mol. The van der Waals surface area contributed by atoms with Crippen molar-refractivity contribution in [2.75, 3.05) is 16.8 Å². The lowest BCUT2D eigenvalue weighted by molar-refractivity contribution is -0.113. The third kappa shape index (κ3) is 5.09. The molecule has 29 heavy (non-hydrogen) atoms. The number of aryl methyl sites for hydroxylation is 1. The highest BCUT2D eigenvalue weighted by atomic mass is 32.2. The summed E-state index contributed by atoms with van der Waals surface area (Å²) in [5, 5.41) is 2.77. The minimum Gasteiger partial charge on any atom is -0.382 e. The molecule has 3 aromatic rings. The van der Waals surface area contributed by atoms with E-state index in [-0.39, 0.29) is 32.4 Å². The first-order valence-electron chi connectivity index (χ1n) is 8.38. The molecule has 0 saturated heterocycles. The Morgan fingerprint density at radius 3 is 2.41 bits per heavy atom. The zero-order chi connectivity index (χ0) is 21.0. The molecule has 0 bridgehead atoms. The Morgan fingerprint density at radius 1 is 1.14 bits per heavy atom. The van der Waals surface area contributed by atoms with Gasteiger partial charge in [-0.1, -0.05) is 29.5 Å². The molecule has 3 N–H and O–H groups in total. The molecule has 0 fully saturated rings. The van der Waals surface area contributed by atoms with Gasteiger partial charge in [-0.05, 0) is 43.3 Å². The summed E-state index contributed by atoms with van der Waals surface area (Å²) in [5.41, 5.74) is 7.22. The lowest BCUT2D eigenvalue weighted by Gasteiger charge is -2.08. The second kappa shape index (κ2) is 8.58. The summed E-state index contributed by atoms with van der Waals surface area (Å²) in [4.78, 5) is 19.9. The van der Waals surface area contributed by atoms with Gasteiger partial charge in [0, 0.05) is 5.69 Å². The van der Waals surface area contributed by atoms with Crippen molar-refractivity contribution >= 4 is 39.0 Å². The highest BCUT2D eigenvalue weighted by molar-refractivity contribution is 7.99. The SMILES string of the molecule is Cc1ccc(S(=O)(=O)c2cnc(SCC(=O)Nc3ccc(F)cc3)nc2N)cc1. The zero-order valence-corrected chi connectivity index (χ0v) is 16.9. The monoisotopic (exact) mass is 432 g/mol. The van der Waals surface area contributed by atoms with Crippen LogP contribution in [0.4, 0.5) is 15.9 Å². The third-order valence-corrected chi connectivity index (χ3v) is 6.49. The predicted molar refractivity (Wildman–Crippen MR) is 109 cm³/mol. The minimum atomic E-state index is -3.85. The van der Waals surface area contributed by atoms with E-state index >= 15 is 0 Å². The van der Waals surface area contributed by atoms with Crippen molar-refractivity contribution in [3.8, 4) is 0 Å². The molecule has 150 valence electrons. The smallest absolute Gasteiger partial charge is 0.234 e. The molecule has 0 aliphatic carbocycles. The number of halogens is 1. The number of nitrogens with one attached hydrogen (secondary N) is 1. The Kier molecular flexibility index (Phi) is 6.14. The number of nitrogen functional groups attached to an aromatic ring is 1. The van der Waals surface area contributed by atoms with Crippen LogP contribution in [0.2, 0.25) is 0 Å². The zero-order valence-electron chi connectivity index (χ0n) is 15.3. The molecule has 7 nitrogen and oxygen atoms in total. The number of anilines is 2. The number of carbonyl (C=O) groups excluding carboxylic acids is 1. The Morgan fingerprint density at radius 2 is 1.79 bits per heavy atom. The molecule has 1 aromatic heterocycles. The number of thioether (sulfide) groups is 1. The van der Waals surface area contributed by atoms with E-state index in [4.69, 9.17) is 5.73 Å². The summed E-state index contributed by atoms with van der Waals surface area (Å²) in [5.74, 6) is -0.968. The van der Waals surface area contributed by atoms with Crippen molar-refractivity contribution in [2.24, 2.45) is 0 Å². The van der Waals surface area contributed by atoms with Gasteiger partial charge in [-0.3, -0.25) is 4.79 Å². The van der Waals surface area contributed by atoms with Crippen molar-refractivity contribution in [3.05, 3.63) is 66.1 Å². The quantitative estimate of drug-likeness (QED) is 0.454. The normalized spacial score (nSPS) is 11.2. The maximum Gasteiger partial charge on any atom is 0.234 e. The van der Waals surface area contributed by atoms with Crippen LogP contribution in [0.15, 0.2) is 69.7 Å². The van der Waals surface area contributed by atoms with Crippen molar-refractivity contribution in [1.82, 2.24) is 9.97 Å². The molecule has 1 heterocycles. The van der Waals surface area contributed by atoms with Crippen molar-refractivity contribution in [1.29, 1.82) is 0 Å². The summed E-state index contributed by atoms with van der Waals surface area (Å²) in [6.45, 7) is 1.85. The number of carbonyl (C=O) groups is 1. The first-order valence-corrected chi connectivity index (χ1v) is 10.8. The average Bonchev–Trinajstić information content (AvgIpc) is 2.68. The van der Waals surface area contributed by atoms with E-state index in [2.05, 4.69) is 15.3 Å². The molecular formula is C19H17FN4O3S2. The highest BCUT2D eigenvalue weighted by Crippen LogP contribution is 2.26. The Bertz CT molecular complexity index is 1140. The fraction of sp³-hybridized carbons (Fsp3) is 0.105. The molecule has 0 saturated carbocycles. The van der Waals surface area contributed by atoms with E-state index in [1.165, 1.54) is 36.4 Å². The van der Waals surface area contributed by atoms with Gasteiger partial charge >= 0.3 is 0 Å². The van der Waals surface area contributed by atoms with Gasteiger partial charge in [0.05, 0.1) is 16.8 Å². The Balaban J connectivity index is 1.68. The van der Waals surface area contributed by atoms with Crippen LogP contribution >= 0.6 is 11.8 Å². The number of benzene rings is 2. The molecule has 0 radical (unpaired) electrons. The van der Waals surface area contributed by atoms with Gasteiger partial charge in [0.25, 0.3) is 0 Å². The Hall–Kier alpha value is -2.98. The van der Waals surface area contributed by atoms with Gasteiger partial charge in [-0.25, -0.2) is 22.8 Å². The minimum absolute atomic E-state index is 0.0269. The number of nitrogens with zero attached hydrogens (tertiary/aromatic N) is 2. The van der Waals surface area contributed by atoms with Gasteiger partial charge in [-0.2, -0.15) is 0 Å². The number of nitrogens with two attached hydrogens (primary N) is 1. The van der Waals surface area contributed by atoms with E-state index in [0.29, 0.717) is 5.69 Å². The van der Waals surface area contributed by atoms with Crippen LogP contribution < -0.4 is 11.1 Å². The van der Waals surface area contributed by atoms with Gasteiger partial charge < -0.3 is 11.1 Å². The maximum absolute atomic E-state index is 12.9. The lowest BCUT2D eigenvalue weighted by atomic mass is 10.2. The van der Waals surface area contributed by atoms with Crippen LogP contribution in [-0.2, 0) is 14.6 Å². The molecule has 0 atom stereocenters. The molecule has 1 amide bonds. The van der Waals surface area contributed by atoms with Gasteiger partial charge in [0.2, 0.25) is 15.7 Å². The fourth-order valence-electron chi connectivity index (χ4n) is 2.35. The molecular weight excluding hydrogens is 415 g/mol. The van der Waals surface area contributed by atoms with Crippen molar-refractivity contribution in [3.63, 3.8) is 0 Å². The lowest BCUT2D eigenvalue weighted by Crippen LogP contribution is -2.14. The summed E-state index contributed by atoms with van der Waals surface area (Å²) in [6.07, 6.45) is 1.14. The van der Waals surface area contributed by atoms with Crippen molar-refractivity contribution < 1.29 is 17.6 Å². The molecule has 0 spiro atoms. The van der Waals surface area contributed by atoms with E-state index in [1.807, 2.05) is 6.92 Å². The van der Waals surface area contributed by atoms with Gasteiger partial charge in [-0.15, -0.1) is 0 Å².